The predicted molar refractivity (Wildman–Crippen MR) is 145 cm³/mol. The SMILES string of the molecule is COc1ccc2c(n1)C[C@@H]1CC(C)(O)C[C@@]2(CO[Si](C)(C)C(C)(C)C)[C@@H]1O[Si](C)(C)C(C)(C)C. The number of aliphatic hydroxyl groups is 1. The van der Waals surface area contributed by atoms with E-state index >= 15 is 0 Å². The van der Waals surface area contributed by atoms with Crippen molar-refractivity contribution >= 4 is 16.6 Å². The maximum atomic E-state index is 11.5. The van der Waals surface area contributed by atoms with Gasteiger partial charge >= 0.3 is 0 Å². The van der Waals surface area contributed by atoms with Gasteiger partial charge < -0.3 is 18.7 Å². The van der Waals surface area contributed by atoms with Crippen LogP contribution in [0.1, 0.15) is 72.6 Å². The average molecular weight is 508 g/mol. The molecule has 2 aliphatic rings. The lowest BCUT2D eigenvalue weighted by Crippen LogP contribution is -2.65. The first-order valence-corrected chi connectivity index (χ1v) is 18.6. The average Bonchev–Trinajstić information content (AvgIpc) is 2.65. The lowest BCUT2D eigenvalue weighted by Gasteiger charge is -2.59. The first kappa shape index (κ1) is 27.8. The Bertz CT molecular complexity index is 901. The normalized spacial score (nSPS) is 30.1. The molecule has 1 aromatic heterocycles. The third-order valence-electron chi connectivity index (χ3n) is 9.25. The summed E-state index contributed by atoms with van der Waals surface area (Å²) < 4.78 is 19.7. The quantitative estimate of drug-likeness (QED) is 0.448. The van der Waals surface area contributed by atoms with Crippen LogP contribution in [0.3, 0.4) is 0 Å². The van der Waals surface area contributed by atoms with Crippen LogP contribution in [0.4, 0.5) is 0 Å². The van der Waals surface area contributed by atoms with E-state index in [1.807, 2.05) is 13.0 Å². The molecule has 1 unspecified atom stereocenters. The molecule has 7 heteroatoms. The maximum absolute atomic E-state index is 11.5. The van der Waals surface area contributed by atoms with E-state index in [1.54, 1.807) is 7.11 Å². The summed E-state index contributed by atoms with van der Waals surface area (Å²) in [5, 5.41) is 11.7. The molecule has 3 rings (SSSR count). The summed E-state index contributed by atoms with van der Waals surface area (Å²) in [7, 11) is -2.43. The minimum atomic E-state index is -2.07. The highest BCUT2D eigenvalue weighted by Crippen LogP contribution is 2.56. The van der Waals surface area contributed by atoms with E-state index in [4.69, 9.17) is 18.6 Å². The molecular formula is C27H49NO4Si2. The molecule has 1 aromatic rings. The first-order chi connectivity index (χ1) is 15.2. The minimum absolute atomic E-state index is 0.001000. The Morgan fingerprint density at radius 3 is 2.15 bits per heavy atom. The topological polar surface area (TPSA) is 60.8 Å². The first-order valence-electron chi connectivity index (χ1n) is 12.8. The lowest BCUT2D eigenvalue weighted by molar-refractivity contribution is -0.115. The van der Waals surface area contributed by atoms with Crippen LogP contribution in [-0.2, 0) is 20.7 Å². The maximum Gasteiger partial charge on any atom is 0.213 e. The van der Waals surface area contributed by atoms with E-state index in [1.165, 1.54) is 5.56 Å². The van der Waals surface area contributed by atoms with Crippen LogP contribution < -0.4 is 4.74 Å². The predicted octanol–water partition coefficient (Wildman–Crippen LogP) is 6.46. The molecule has 0 radical (unpaired) electrons. The number of ether oxygens (including phenoxy) is 1. The van der Waals surface area contributed by atoms with Gasteiger partial charge in [-0.1, -0.05) is 47.6 Å². The van der Waals surface area contributed by atoms with Gasteiger partial charge in [0.2, 0.25) is 5.88 Å². The van der Waals surface area contributed by atoms with Crippen molar-refractivity contribution in [2.75, 3.05) is 13.7 Å². The van der Waals surface area contributed by atoms with Gasteiger partial charge in [0, 0.05) is 23.8 Å². The van der Waals surface area contributed by atoms with Crippen molar-refractivity contribution in [1.29, 1.82) is 0 Å². The van der Waals surface area contributed by atoms with Crippen LogP contribution in [-0.4, -0.2) is 52.1 Å². The van der Waals surface area contributed by atoms with Gasteiger partial charge in [-0.3, -0.25) is 0 Å². The van der Waals surface area contributed by atoms with Gasteiger partial charge in [0.25, 0.3) is 0 Å². The van der Waals surface area contributed by atoms with Crippen LogP contribution in [0.15, 0.2) is 12.1 Å². The number of hydrogen-bond acceptors (Lipinski definition) is 5. The summed E-state index contributed by atoms with van der Waals surface area (Å²) in [6.45, 7) is 25.6. The molecule has 0 amide bonds. The zero-order valence-electron chi connectivity index (χ0n) is 23.8. The Balaban J connectivity index is 2.17. The monoisotopic (exact) mass is 507 g/mol. The molecule has 4 atom stereocenters. The molecule has 1 fully saturated rings. The largest absolute Gasteiger partial charge is 0.481 e. The van der Waals surface area contributed by atoms with Crippen molar-refractivity contribution in [3.63, 3.8) is 0 Å². The third-order valence-corrected chi connectivity index (χ3v) is 18.2. The molecule has 1 heterocycles. The van der Waals surface area contributed by atoms with E-state index in [9.17, 15) is 5.11 Å². The van der Waals surface area contributed by atoms with Crippen LogP contribution in [0.5, 0.6) is 5.88 Å². The van der Waals surface area contributed by atoms with Gasteiger partial charge in [-0.25, -0.2) is 4.98 Å². The molecule has 5 nitrogen and oxygen atoms in total. The van der Waals surface area contributed by atoms with Crippen molar-refractivity contribution in [3.05, 3.63) is 23.4 Å². The molecule has 0 spiro atoms. The van der Waals surface area contributed by atoms with Crippen molar-refractivity contribution in [3.8, 4) is 5.88 Å². The Morgan fingerprint density at radius 2 is 1.62 bits per heavy atom. The minimum Gasteiger partial charge on any atom is -0.481 e. The van der Waals surface area contributed by atoms with E-state index in [0.29, 0.717) is 25.3 Å². The van der Waals surface area contributed by atoms with Crippen molar-refractivity contribution in [2.24, 2.45) is 5.92 Å². The van der Waals surface area contributed by atoms with Gasteiger partial charge in [0.15, 0.2) is 16.6 Å². The van der Waals surface area contributed by atoms with Crippen LogP contribution in [0.2, 0.25) is 36.3 Å². The fraction of sp³-hybridized carbons (Fsp3) is 0.815. The highest BCUT2D eigenvalue weighted by molar-refractivity contribution is 6.74. The Hall–Kier alpha value is -0.736. The Kier molecular flexibility index (Phi) is 7.11. The number of aromatic nitrogens is 1. The number of methoxy groups -OCH3 is 1. The number of fused-ring (bicyclic) bond motifs is 4. The number of hydrogen-bond donors (Lipinski definition) is 1. The van der Waals surface area contributed by atoms with E-state index in [2.05, 4.69) is 73.8 Å². The van der Waals surface area contributed by atoms with E-state index in [0.717, 1.165) is 12.1 Å². The summed E-state index contributed by atoms with van der Waals surface area (Å²) in [5.74, 6) is 0.834. The molecule has 0 saturated heterocycles. The van der Waals surface area contributed by atoms with Crippen molar-refractivity contribution < 1.29 is 18.7 Å². The molecule has 1 N–H and O–H groups in total. The zero-order valence-corrected chi connectivity index (χ0v) is 25.8. The smallest absolute Gasteiger partial charge is 0.213 e. The van der Waals surface area contributed by atoms with Gasteiger partial charge in [-0.15, -0.1) is 0 Å². The second-order valence-corrected chi connectivity index (χ2v) is 23.8. The standard InChI is InChI=1S/C27H49NO4Si2/c1-24(2,3)33(9,10)31-18-27-17-26(7,29)16-19(23(27)32-34(11,12)25(4,5)6)15-21-20(27)13-14-22(28-21)30-8/h13-14,19,23,29H,15-18H2,1-12H3/t19-,23-,26?,27+/m1/s1. The number of nitrogens with zero attached hydrogens (tertiary/aromatic N) is 1. The Morgan fingerprint density at radius 1 is 1.03 bits per heavy atom. The number of pyridine rings is 1. The van der Waals surface area contributed by atoms with Crippen molar-refractivity contribution in [2.45, 2.75) is 121 Å². The lowest BCUT2D eigenvalue weighted by atomic mass is 9.55. The second kappa shape index (κ2) is 8.68. The van der Waals surface area contributed by atoms with Crippen molar-refractivity contribution in [1.82, 2.24) is 4.98 Å². The molecule has 2 bridgehead atoms. The molecule has 0 aromatic carbocycles. The van der Waals surface area contributed by atoms with E-state index < -0.39 is 27.7 Å². The van der Waals surface area contributed by atoms with Gasteiger partial charge in [0.05, 0.1) is 18.8 Å². The molecule has 194 valence electrons. The van der Waals surface area contributed by atoms with Gasteiger partial charge in [0.1, 0.15) is 0 Å². The summed E-state index contributed by atoms with van der Waals surface area (Å²) >= 11 is 0. The highest BCUT2D eigenvalue weighted by Gasteiger charge is 2.60. The third kappa shape index (κ3) is 5.05. The molecule has 1 saturated carbocycles. The number of rotatable bonds is 6. The molecule has 2 aliphatic carbocycles. The Labute approximate surface area is 210 Å². The van der Waals surface area contributed by atoms with Gasteiger partial charge in [-0.05, 0) is 73.9 Å². The molecule has 0 aliphatic heterocycles. The van der Waals surface area contributed by atoms with Crippen LogP contribution >= 0.6 is 0 Å². The zero-order chi connectivity index (χ0) is 26.0. The fourth-order valence-corrected chi connectivity index (χ4v) is 7.75. The summed E-state index contributed by atoms with van der Waals surface area (Å²) in [4.78, 5) is 4.89. The highest BCUT2D eigenvalue weighted by atomic mass is 28.4. The summed E-state index contributed by atoms with van der Waals surface area (Å²) in [5.41, 5.74) is 1.04. The van der Waals surface area contributed by atoms with E-state index in [-0.39, 0.29) is 22.1 Å². The summed E-state index contributed by atoms with van der Waals surface area (Å²) in [6.07, 6.45) is 2.13. The fourth-order valence-electron chi connectivity index (χ4n) is 5.30. The van der Waals surface area contributed by atoms with Crippen LogP contribution in [0.25, 0.3) is 0 Å². The second-order valence-electron chi connectivity index (χ2n) is 14.2. The summed E-state index contributed by atoms with van der Waals surface area (Å²) in [6, 6.07) is 4.12. The van der Waals surface area contributed by atoms with Gasteiger partial charge in [-0.2, -0.15) is 0 Å². The molecule has 34 heavy (non-hydrogen) atoms. The molecular weight excluding hydrogens is 458 g/mol. The van der Waals surface area contributed by atoms with Crippen LogP contribution in [0, 0.1) is 5.92 Å².